The monoisotopic (exact) mass is 335 g/mol. The molecule has 0 saturated heterocycles. The lowest BCUT2D eigenvalue weighted by Gasteiger charge is -2.08. The summed E-state index contributed by atoms with van der Waals surface area (Å²) >= 11 is 0. The summed E-state index contributed by atoms with van der Waals surface area (Å²) in [6.45, 7) is 3.52. The first-order valence-corrected chi connectivity index (χ1v) is 8.29. The molecule has 2 aromatic rings. The smallest absolute Gasteiger partial charge is 0.309 e. The van der Waals surface area contributed by atoms with Gasteiger partial charge in [0.15, 0.2) is 0 Å². The zero-order chi connectivity index (χ0) is 17.0. The third-order valence-corrected chi connectivity index (χ3v) is 4.36. The van der Waals surface area contributed by atoms with Crippen LogP contribution in [0.25, 0.3) is 0 Å². The molecule has 0 aliphatic heterocycles. The molecule has 8 heteroatoms. The van der Waals surface area contributed by atoms with E-state index in [9.17, 15) is 13.2 Å². The summed E-state index contributed by atoms with van der Waals surface area (Å²) in [6, 6.07) is 7.72. The minimum Gasteiger partial charge on any atom is -0.469 e. The van der Waals surface area contributed by atoms with E-state index in [-0.39, 0.29) is 23.2 Å². The first kappa shape index (κ1) is 16.9. The molecule has 7 nitrogen and oxygen atoms in total. The van der Waals surface area contributed by atoms with E-state index in [2.05, 4.69) is 19.4 Å². The number of hydrogen-bond acceptors (Lipinski definition) is 6. The van der Waals surface area contributed by atoms with Gasteiger partial charge in [-0.05, 0) is 37.6 Å². The maximum absolute atomic E-state index is 12.3. The van der Waals surface area contributed by atoms with Gasteiger partial charge in [0.25, 0.3) is 10.0 Å². The summed E-state index contributed by atoms with van der Waals surface area (Å²) in [5.41, 5.74) is 2.01. The number of aryl methyl sites for hydroxylation is 2. The molecule has 1 aromatic carbocycles. The van der Waals surface area contributed by atoms with E-state index in [1.54, 1.807) is 32.0 Å². The zero-order valence-electron chi connectivity index (χ0n) is 13.0. The van der Waals surface area contributed by atoms with Gasteiger partial charge in [0.05, 0.1) is 18.4 Å². The second-order valence-corrected chi connectivity index (χ2v) is 6.66. The van der Waals surface area contributed by atoms with Crippen LogP contribution in [0.3, 0.4) is 0 Å². The fraction of sp³-hybridized carbons (Fsp3) is 0.267. The van der Waals surface area contributed by atoms with Crippen LogP contribution in [0.4, 0.5) is 5.95 Å². The third kappa shape index (κ3) is 4.49. The van der Waals surface area contributed by atoms with Crippen molar-refractivity contribution in [2.75, 3.05) is 11.8 Å². The Balaban J connectivity index is 2.20. The Morgan fingerprint density at radius 2 is 1.70 bits per heavy atom. The van der Waals surface area contributed by atoms with Crippen LogP contribution >= 0.6 is 0 Å². The van der Waals surface area contributed by atoms with Gasteiger partial charge in [0, 0.05) is 11.4 Å². The molecule has 0 bridgehead atoms. The molecule has 0 fully saturated rings. The quantitative estimate of drug-likeness (QED) is 0.834. The average molecular weight is 335 g/mol. The van der Waals surface area contributed by atoms with Crippen LogP contribution in [0.15, 0.2) is 35.2 Å². The van der Waals surface area contributed by atoms with Crippen molar-refractivity contribution in [1.82, 2.24) is 9.97 Å². The summed E-state index contributed by atoms with van der Waals surface area (Å²) in [4.78, 5) is 19.4. The van der Waals surface area contributed by atoms with Crippen molar-refractivity contribution >= 4 is 21.9 Å². The summed E-state index contributed by atoms with van der Waals surface area (Å²) in [7, 11) is -2.49. The molecular formula is C15H17N3O4S. The molecule has 1 heterocycles. The predicted molar refractivity (Wildman–Crippen MR) is 84.5 cm³/mol. The maximum atomic E-state index is 12.3. The van der Waals surface area contributed by atoms with Crippen LogP contribution in [0.5, 0.6) is 0 Å². The summed E-state index contributed by atoms with van der Waals surface area (Å²) in [5.74, 6) is -0.358. The molecule has 0 saturated carbocycles. The van der Waals surface area contributed by atoms with Crippen LogP contribution in [0.1, 0.15) is 17.0 Å². The van der Waals surface area contributed by atoms with Crippen LogP contribution < -0.4 is 4.72 Å². The van der Waals surface area contributed by atoms with Crippen molar-refractivity contribution in [3.8, 4) is 0 Å². The SMILES string of the molecule is COC(=O)Cc1ccc(S(=O)(=O)Nc2nc(C)cc(C)n2)cc1. The van der Waals surface area contributed by atoms with Crippen molar-refractivity contribution in [2.24, 2.45) is 0 Å². The van der Waals surface area contributed by atoms with Crippen molar-refractivity contribution in [1.29, 1.82) is 0 Å². The second kappa shape index (κ2) is 6.74. The minimum absolute atomic E-state index is 0.0288. The van der Waals surface area contributed by atoms with Gasteiger partial charge in [0.1, 0.15) is 0 Å². The number of carbonyl (C=O) groups is 1. The molecule has 1 N–H and O–H groups in total. The number of methoxy groups -OCH3 is 1. The van der Waals surface area contributed by atoms with Crippen LogP contribution in [-0.4, -0.2) is 31.5 Å². The predicted octanol–water partition coefficient (Wildman–Crippen LogP) is 1.61. The van der Waals surface area contributed by atoms with E-state index in [0.717, 1.165) is 0 Å². The van der Waals surface area contributed by atoms with Crippen LogP contribution in [0, 0.1) is 13.8 Å². The Hall–Kier alpha value is -2.48. The molecule has 23 heavy (non-hydrogen) atoms. The largest absolute Gasteiger partial charge is 0.469 e. The van der Waals surface area contributed by atoms with Crippen LogP contribution in [0.2, 0.25) is 0 Å². The first-order valence-electron chi connectivity index (χ1n) is 6.81. The number of hydrogen-bond donors (Lipinski definition) is 1. The molecule has 0 aliphatic carbocycles. The fourth-order valence-corrected chi connectivity index (χ4v) is 2.92. The highest BCUT2D eigenvalue weighted by atomic mass is 32.2. The van der Waals surface area contributed by atoms with E-state index in [0.29, 0.717) is 17.0 Å². The number of aromatic nitrogens is 2. The van der Waals surface area contributed by atoms with E-state index in [4.69, 9.17) is 0 Å². The molecule has 0 spiro atoms. The Morgan fingerprint density at radius 3 is 2.22 bits per heavy atom. The number of ether oxygens (including phenoxy) is 1. The molecule has 0 radical (unpaired) electrons. The van der Waals surface area contributed by atoms with Gasteiger partial charge in [-0.25, -0.2) is 23.1 Å². The maximum Gasteiger partial charge on any atom is 0.309 e. The number of nitrogens with zero attached hydrogens (tertiary/aromatic N) is 2. The molecule has 2 rings (SSSR count). The van der Waals surface area contributed by atoms with Crippen molar-refractivity contribution in [3.63, 3.8) is 0 Å². The Morgan fingerprint density at radius 1 is 1.13 bits per heavy atom. The van der Waals surface area contributed by atoms with Crippen LogP contribution in [-0.2, 0) is 26.0 Å². The van der Waals surface area contributed by atoms with Gasteiger partial charge >= 0.3 is 5.97 Å². The lowest BCUT2D eigenvalue weighted by Crippen LogP contribution is -2.16. The lowest BCUT2D eigenvalue weighted by atomic mass is 10.2. The van der Waals surface area contributed by atoms with E-state index in [1.165, 1.54) is 19.2 Å². The molecule has 0 atom stereocenters. The number of sulfonamides is 1. The minimum atomic E-state index is -3.79. The highest BCUT2D eigenvalue weighted by molar-refractivity contribution is 7.92. The number of nitrogens with one attached hydrogen (secondary N) is 1. The average Bonchev–Trinajstić information content (AvgIpc) is 2.46. The van der Waals surface area contributed by atoms with Gasteiger partial charge in [-0.3, -0.25) is 4.79 Å². The summed E-state index contributed by atoms with van der Waals surface area (Å²) < 4.78 is 31.6. The van der Waals surface area contributed by atoms with Gasteiger partial charge in [-0.1, -0.05) is 12.1 Å². The standard InChI is InChI=1S/C15H17N3O4S/c1-10-8-11(2)17-15(16-10)18-23(20,21)13-6-4-12(5-7-13)9-14(19)22-3/h4-8H,9H2,1-3H3,(H,16,17,18). The highest BCUT2D eigenvalue weighted by Gasteiger charge is 2.16. The number of benzene rings is 1. The second-order valence-electron chi connectivity index (χ2n) is 4.98. The van der Waals surface area contributed by atoms with Crippen molar-refractivity contribution < 1.29 is 17.9 Å². The number of rotatable bonds is 5. The molecule has 1 aromatic heterocycles. The fourth-order valence-electron chi connectivity index (χ4n) is 1.98. The number of anilines is 1. The normalized spacial score (nSPS) is 11.1. The lowest BCUT2D eigenvalue weighted by molar-refractivity contribution is -0.139. The van der Waals surface area contributed by atoms with Gasteiger partial charge in [-0.2, -0.15) is 0 Å². The van der Waals surface area contributed by atoms with Gasteiger partial charge in [0.2, 0.25) is 5.95 Å². The van der Waals surface area contributed by atoms with Gasteiger partial charge < -0.3 is 4.74 Å². The third-order valence-electron chi connectivity index (χ3n) is 3.02. The number of esters is 1. The Kier molecular flexibility index (Phi) is 4.95. The zero-order valence-corrected chi connectivity index (χ0v) is 13.8. The molecule has 0 aliphatic rings. The Labute approximate surface area is 134 Å². The Bertz CT molecular complexity index is 797. The van der Waals surface area contributed by atoms with E-state index < -0.39 is 10.0 Å². The number of carbonyl (C=O) groups excluding carboxylic acids is 1. The van der Waals surface area contributed by atoms with Gasteiger partial charge in [-0.15, -0.1) is 0 Å². The van der Waals surface area contributed by atoms with Crippen molar-refractivity contribution in [2.45, 2.75) is 25.2 Å². The molecule has 0 unspecified atom stereocenters. The molecule has 122 valence electrons. The summed E-state index contributed by atoms with van der Waals surface area (Å²) in [5, 5.41) is 0. The summed E-state index contributed by atoms with van der Waals surface area (Å²) in [6.07, 6.45) is 0.0877. The van der Waals surface area contributed by atoms with E-state index >= 15 is 0 Å². The van der Waals surface area contributed by atoms with E-state index in [1.807, 2.05) is 0 Å². The molecule has 0 amide bonds. The first-order chi connectivity index (χ1) is 10.8. The highest BCUT2D eigenvalue weighted by Crippen LogP contribution is 2.15. The van der Waals surface area contributed by atoms with Crippen molar-refractivity contribution in [3.05, 3.63) is 47.3 Å². The topological polar surface area (TPSA) is 98.2 Å². The molecular weight excluding hydrogens is 318 g/mol.